The number of carbonyl (C=O) groups is 2. The SMILES string of the molecule is CN(Cc1ccc(F)cc1)C(=O)CN1CCN(C(=O)c2cc(Cl)cc(Cl)c2)CC1. The van der Waals surface area contributed by atoms with Crippen LogP contribution in [0, 0.1) is 5.82 Å². The van der Waals surface area contributed by atoms with E-state index in [0.717, 1.165) is 5.56 Å². The van der Waals surface area contributed by atoms with E-state index in [-0.39, 0.29) is 24.2 Å². The molecule has 1 aliphatic rings. The molecule has 0 aromatic heterocycles. The van der Waals surface area contributed by atoms with Gasteiger partial charge in [0.25, 0.3) is 5.91 Å². The average Bonchev–Trinajstić information content (AvgIpc) is 2.69. The van der Waals surface area contributed by atoms with Crippen LogP contribution in [-0.4, -0.2) is 66.3 Å². The van der Waals surface area contributed by atoms with Crippen LogP contribution >= 0.6 is 23.2 Å². The molecule has 2 amide bonds. The second-order valence-corrected chi connectivity index (χ2v) is 7.98. The number of halogens is 3. The molecule has 5 nitrogen and oxygen atoms in total. The Morgan fingerprint density at radius 1 is 1.00 bits per heavy atom. The third-order valence-corrected chi connectivity index (χ3v) is 5.32. The highest BCUT2D eigenvalue weighted by molar-refractivity contribution is 6.35. The van der Waals surface area contributed by atoms with Gasteiger partial charge < -0.3 is 9.80 Å². The minimum atomic E-state index is -0.296. The highest BCUT2D eigenvalue weighted by Gasteiger charge is 2.24. The van der Waals surface area contributed by atoms with Crippen molar-refractivity contribution in [1.82, 2.24) is 14.7 Å². The van der Waals surface area contributed by atoms with Crippen molar-refractivity contribution in [2.45, 2.75) is 6.54 Å². The van der Waals surface area contributed by atoms with E-state index in [9.17, 15) is 14.0 Å². The van der Waals surface area contributed by atoms with Gasteiger partial charge in [0.1, 0.15) is 5.82 Å². The van der Waals surface area contributed by atoms with E-state index < -0.39 is 0 Å². The maximum Gasteiger partial charge on any atom is 0.254 e. The summed E-state index contributed by atoms with van der Waals surface area (Å²) in [4.78, 5) is 30.5. The monoisotopic (exact) mass is 437 g/mol. The number of hydrogen-bond donors (Lipinski definition) is 0. The van der Waals surface area contributed by atoms with Gasteiger partial charge in [-0.3, -0.25) is 14.5 Å². The fourth-order valence-electron chi connectivity index (χ4n) is 3.23. The Morgan fingerprint density at radius 2 is 1.59 bits per heavy atom. The summed E-state index contributed by atoms with van der Waals surface area (Å²) in [6.45, 7) is 2.97. The Bertz CT molecular complexity index is 864. The Morgan fingerprint density at radius 3 is 2.17 bits per heavy atom. The molecule has 0 N–H and O–H groups in total. The first-order valence-electron chi connectivity index (χ1n) is 9.28. The molecule has 1 saturated heterocycles. The van der Waals surface area contributed by atoms with Crippen molar-refractivity contribution in [3.05, 3.63) is 69.5 Å². The van der Waals surface area contributed by atoms with Crippen LogP contribution in [0.15, 0.2) is 42.5 Å². The number of amides is 2. The smallest absolute Gasteiger partial charge is 0.254 e. The lowest BCUT2D eigenvalue weighted by Crippen LogP contribution is -2.51. The normalized spacial score (nSPS) is 14.7. The van der Waals surface area contributed by atoms with Crippen LogP contribution in [0.3, 0.4) is 0 Å². The summed E-state index contributed by atoms with van der Waals surface area (Å²) < 4.78 is 13.0. The highest BCUT2D eigenvalue weighted by atomic mass is 35.5. The van der Waals surface area contributed by atoms with Crippen LogP contribution in [0.2, 0.25) is 10.0 Å². The quantitative estimate of drug-likeness (QED) is 0.718. The van der Waals surface area contributed by atoms with Crippen molar-refractivity contribution in [3.63, 3.8) is 0 Å². The van der Waals surface area contributed by atoms with E-state index >= 15 is 0 Å². The third kappa shape index (κ3) is 5.92. The molecular weight excluding hydrogens is 416 g/mol. The molecule has 29 heavy (non-hydrogen) atoms. The van der Waals surface area contributed by atoms with Crippen LogP contribution in [0.1, 0.15) is 15.9 Å². The van der Waals surface area contributed by atoms with Crippen LogP contribution in [-0.2, 0) is 11.3 Å². The molecule has 0 atom stereocenters. The summed E-state index contributed by atoms with van der Waals surface area (Å²) in [5.41, 5.74) is 1.34. The molecule has 154 valence electrons. The topological polar surface area (TPSA) is 43.9 Å². The van der Waals surface area contributed by atoms with Crippen molar-refractivity contribution in [1.29, 1.82) is 0 Å². The first-order chi connectivity index (χ1) is 13.8. The molecule has 0 saturated carbocycles. The summed E-state index contributed by atoms with van der Waals surface area (Å²) in [5, 5.41) is 0.851. The molecule has 1 heterocycles. The van der Waals surface area contributed by atoms with Gasteiger partial charge in [-0.15, -0.1) is 0 Å². The molecule has 2 aromatic rings. The number of carbonyl (C=O) groups excluding carboxylic acids is 2. The summed E-state index contributed by atoms with van der Waals surface area (Å²) in [5.74, 6) is -0.431. The molecule has 8 heteroatoms. The first-order valence-corrected chi connectivity index (χ1v) is 10.0. The second-order valence-electron chi connectivity index (χ2n) is 7.10. The Kier molecular flexibility index (Phi) is 7.11. The predicted octanol–water partition coefficient (Wildman–Crippen LogP) is 3.55. The van der Waals surface area contributed by atoms with Crippen molar-refractivity contribution < 1.29 is 14.0 Å². The van der Waals surface area contributed by atoms with Crippen LogP contribution < -0.4 is 0 Å². The predicted molar refractivity (Wildman–Crippen MR) is 112 cm³/mol. The maximum atomic E-state index is 13.0. The molecule has 2 aromatic carbocycles. The molecule has 0 unspecified atom stereocenters. The Labute approximate surface area is 179 Å². The lowest BCUT2D eigenvalue weighted by Gasteiger charge is -2.35. The summed E-state index contributed by atoms with van der Waals surface area (Å²) in [6, 6.07) is 10.9. The molecular formula is C21H22Cl2FN3O2. The number of rotatable bonds is 5. The van der Waals surface area contributed by atoms with Gasteiger partial charge in [-0.05, 0) is 35.9 Å². The fraction of sp³-hybridized carbons (Fsp3) is 0.333. The largest absolute Gasteiger partial charge is 0.340 e. The number of likely N-dealkylation sites (N-methyl/N-ethyl adjacent to an activating group) is 1. The van der Waals surface area contributed by atoms with Gasteiger partial charge >= 0.3 is 0 Å². The van der Waals surface area contributed by atoms with Gasteiger partial charge in [-0.2, -0.15) is 0 Å². The van der Waals surface area contributed by atoms with E-state index in [1.807, 2.05) is 4.90 Å². The number of hydrogen-bond acceptors (Lipinski definition) is 3. The summed E-state index contributed by atoms with van der Waals surface area (Å²) in [7, 11) is 1.73. The van der Waals surface area contributed by atoms with Gasteiger partial charge in [0.15, 0.2) is 0 Å². The molecule has 0 bridgehead atoms. The summed E-state index contributed by atoms with van der Waals surface area (Å²) in [6.07, 6.45) is 0. The van der Waals surface area contributed by atoms with Gasteiger partial charge in [0, 0.05) is 55.4 Å². The lowest BCUT2D eigenvalue weighted by atomic mass is 10.1. The van der Waals surface area contributed by atoms with Crippen LogP contribution in [0.25, 0.3) is 0 Å². The second kappa shape index (κ2) is 9.57. The van der Waals surface area contributed by atoms with E-state index in [2.05, 4.69) is 0 Å². The zero-order chi connectivity index (χ0) is 21.0. The molecule has 0 spiro atoms. The average molecular weight is 438 g/mol. The first kappa shape index (κ1) is 21.6. The minimum absolute atomic E-state index is 0.0178. The maximum absolute atomic E-state index is 13.0. The number of piperazine rings is 1. The lowest BCUT2D eigenvalue weighted by molar-refractivity contribution is -0.132. The molecule has 3 rings (SSSR count). The van der Waals surface area contributed by atoms with Gasteiger partial charge in [-0.25, -0.2) is 4.39 Å². The number of nitrogens with zero attached hydrogens (tertiary/aromatic N) is 3. The Hall–Kier alpha value is -2.15. The fourth-order valence-corrected chi connectivity index (χ4v) is 3.76. The van der Waals surface area contributed by atoms with E-state index in [1.165, 1.54) is 12.1 Å². The standard InChI is InChI=1S/C21H22Cl2FN3O2/c1-25(13-15-2-4-19(24)5-3-15)20(28)14-26-6-8-27(9-7-26)21(29)16-10-17(22)12-18(23)11-16/h2-5,10-12H,6-9,13-14H2,1H3. The molecule has 0 aliphatic carbocycles. The van der Waals surface area contributed by atoms with Gasteiger partial charge in [0.05, 0.1) is 6.54 Å². The van der Waals surface area contributed by atoms with E-state index in [4.69, 9.17) is 23.2 Å². The van der Waals surface area contributed by atoms with Crippen molar-refractivity contribution in [3.8, 4) is 0 Å². The Balaban J connectivity index is 1.49. The van der Waals surface area contributed by atoms with Gasteiger partial charge in [-0.1, -0.05) is 35.3 Å². The minimum Gasteiger partial charge on any atom is -0.340 e. The van der Waals surface area contributed by atoms with Crippen LogP contribution in [0.5, 0.6) is 0 Å². The molecule has 1 aliphatic heterocycles. The molecule has 0 radical (unpaired) electrons. The third-order valence-electron chi connectivity index (χ3n) is 4.89. The summed E-state index contributed by atoms with van der Waals surface area (Å²) >= 11 is 12.0. The van der Waals surface area contributed by atoms with Crippen molar-refractivity contribution in [2.24, 2.45) is 0 Å². The molecule has 1 fully saturated rings. The van der Waals surface area contributed by atoms with Gasteiger partial charge in [0.2, 0.25) is 5.91 Å². The van der Waals surface area contributed by atoms with Crippen molar-refractivity contribution in [2.75, 3.05) is 39.8 Å². The zero-order valence-corrected chi connectivity index (χ0v) is 17.6. The van der Waals surface area contributed by atoms with E-state index in [0.29, 0.717) is 48.3 Å². The van der Waals surface area contributed by atoms with E-state index in [1.54, 1.807) is 47.2 Å². The number of benzene rings is 2. The zero-order valence-electron chi connectivity index (χ0n) is 16.1. The van der Waals surface area contributed by atoms with Crippen molar-refractivity contribution >= 4 is 35.0 Å². The van der Waals surface area contributed by atoms with Crippen LogP contribution in [0.4, 0.5) is 4.39 Å². The highest BCUT2D eigenvalue weighted by Crippen LogP contribution is 2.20.